The van der Waals surface area contributed by atoms with Gasteiger partial charge in [-0.25, -0.2) is 9.78 Å². The average Bonchev–Trinajstić information content (AvgIpc) is 2.73. The van der Waals surface area contributed by atoms with E-state index >= 15 is 0 Å². The molecular formula is C21H19N3O4. The molecule has 3 aromatic rings. The molecule has 142 valence electrons. The number of carboxylic acid groups (broad SMARTS) is 1. The maximum atomic E-state index is 10.9. The number of nitrogens with one attached hydrogen (secondary N) is 1. The van der Waals surface area contributed by atoms with E-state index in [4.69, 9.17) is 14.6 Å². The molecule has 0 unspecified atom stereocenters. The van der Waals surface area contributed by atoms with Gasteiger partial charge in [0.25, 0.3) is 0 Å². The summed E-state index contributed by atoms with van der Waals surface area (Å²) in [5, 5.41) is 13.1. The maximum Gasteiger partial charge on any atom is 0.337 e. The van der Waals surface area contributed by atoms with Crippen LogP contribution in [0.25, 0.3) is 0 Å². The smallest absolute Gasteiger partial charge is 0.337 e. The van der Waals surface area contributed by atoms with Crippen molar-refractivity contribution >= 4 is 18.0 Å². The molecule has 0 radical (unpaired) electrons. The molecule has 28 heavy (non-hydrogen) atoms. The quantitative estimate of drug-likeness (QED) is 0.458. The summed E-state index contributed by atoms with van der Waals surface area (Å²) in [6.07, 6.45) is 2.86. The van der Waals surface area contributed by atoms with Crippen LogP contribution in [0.2, 0.25) is 0 Å². The number of rotatable bonds is 8. The number of hydrogen-bond acceptors (Lipinski definition) is 6. The molecule has 0 amide bonds. The Hall–Kier alpha value is -3.87. The molecule has 0 saturated carbocycles. The van der Waals surface area contributed by atoms with Gasteiger partial charge < -0.3 is 14.6 Å². The van der Waals surface area contributed by atoms with Crippen LogP contribution in [0.1, 0.15) is 21.5 Å². The van der Waals surface area contributed by atoms with Gasteiger partial charge in [0.05, 0.1) is 18.9 Å². The van der Waals surface area contributed by atoms with Crippen molar-refractivity contribution in [3.63, 3.8) is 0 Å². The molecule has 1 heterocycles. The van der Waals surface area contributed by atoms with Crippen LogP contribution in [0.5, 0.6) is 11.5 Å². The highest BCUT2D eigenvalue weighted by molar-refractivity contribution is 5.87. The van der Waals surface area contributed by atoms with Gasteiger partial charge >= 0.3 is 5.97 Å². The number of hydrazone groups is 1. The van der Waals surface area contributed by atoms with Crippen molar-refractivity contribution in [3.8, 4) is 11.5 Å². The third-order valence-electron chi connectivity index (χ3n) is 3.85. The topological polar surface area (TPSA) is 93.0 Å². The minimum absolute atomic E-state index is 0.110. The number of carboxylic acids is 1. The van der Waals surface area contributed by atoms with Crippen molar-refractivity contribution < 1.29 is 19.4 Å². The summed E-state index contributed by atoms with van der Waals surface area (Å²) in [4.78, 5) is 14.9. The van der Waals surface area contributed by atoms with Crippen LogP contribution in [0.15, 0.2) is 72.0 Å². The second-order valence-corrected chi connectivity index (χ2v) is 5.76. The van der Waals surface area contributed by atoms with Crippen LogP contribution in [0.3, 0.4) is 0 Å². The van der Waals surface area contributed by atoms with E-state index in [0.29, 0.717) is 23.9 Å². The van der Waals surface area contributed by atoms with Gasteiger partial charge in [0.15, 0.2) is 11.5 Å². The van der Waals surface area contributed by atoms with Gasteiger partial charge in [0.1, 0.15) is 12.4 Å². The van der Waals surface area contributed by atoms with Gasteiger partial charge in [0, 0.05) is 11.8 Å². The second-order valence-electron chi connectivity index (χ2n) is 5.76. The Morgan fingerprint density at radius 1 is 1.14 bits per heavy atom. The third-order valence-corrected chi connectivity index (χ3v) is 3.85. The average molecular weight is 377 g/mol. The zero-order chi connectivity index (χ0) is 19.8. The van der Waals surface area contributed by atoms with Crippen LogP contribution in [0.4, 0.5) is 5.82 Å². The van der Waals surface area contributed by atoms with E-state index in [1.54, 1.807) is 19.4 Å². The first-order valence-electron chi connectivity index (χ1n) is 8.49. The van der Waals surface area contributed by atoms with E-state index in [1.807, 2.05) is 48.5 Å². The molecule has 3 rings (SSSR count). The Balaban J connectivity index is 1.73. The van der Waals surface area contributed by atoms with Crippen molar-refractivity contribution in [1.82, 2.24) is 4.98 Å². The molecule has 0 aliphatic carbocycles. The highest BCUT2D eigenvalue weighted by Gasteiger charge is 2.10. The molecule has 0 spiro atoms. The van der Waals surface area contributed by atoms with Gasteiger partial charge in [-0.1, -0.05) is 36.4 Å². The van der Waals surface area contributed by atoms with Crippen LogP contribution in [-0.4, -0.2) is 29.4 Å². The molecular weight excluding hydrogens is 358 g/mol. The first-order chi connectivity index (χ1) is 13.7. The molecule has 0 aliphatic heterocycles. The Labute approximate surface area is 162 Å². The SMILES string of the molecule is COc1cccc(/C=N/Nc2ccc(C(=O)O)cn2)c1OCc1ccccc1. The summed E-state index contributed by atoms with van der Waals surface area (Å²) in [5.74, 6) is 0.576. The van der Waals surface area contributed by atoms with E-state index in [9.17, 15) is 4.79 Å². The van der Waals surface area contributed by atoms with Crippen LogP contribution in [0, 0.1) is 0 Å². The van der Waals surface area contributed by atoms with E-state index in [0.717, 1.165) is 11.1 Å². The zero-order valence-electron chi connectivity index (χ0n) is 15.2. The summed E-state index contributed by atoms with van der Waals surface area (Å²) in [6, 6.07) is 18.3. The summed E-state index contributed by atoms with van der Waals surface area (Å²) in [6.45, 7) is 0.397. The number of ether oxygens (including phenoxy) is 2. The number of pyridine rings is 1. The molecule has 0 aliphatic rings. The number of para-hydroxylation sites is 1. The fourth-order valence-electron chi connectivity index (χ4n) is 2.43. The number of carbonyl (C=O) groups is 1. The molecule has 0 atom stereocenters. The molecule has 0 bridgehead atoms. The predicted molar refractivity (Wildman–Crippen MR) is 106 cm³/mol. The molecule has 2 N–H and O–H groups in total. The van der Waals surface area contributed by atoms with Crippen LogP contribution >= 0.6 is 0 Å². The first-order valence-corrected chi connectivity index (χ1v) is 8.49. The Morgan fingerprint density at radius 2 is 1.96 bits per heavy atom. The lowest BCUT2D eigenvalue weighted by Crippen LogP contribution is -2.02. The van der Waals surface area contributed by atoms with Gasteiger partial charge in [-0.3, -0.25) is 5.43 Å². The molecule has 0 saturated heterocycles. The summed E-state index contributed by atoms with van der Waals surface area (Å²) >= 11 is 0. The van der Waals surface area contributed by atoms with E-state index < -0.39 is 5.97 Å². The number of aromatic nitrogens is 1. The van der Waals surface area contributed by atoms with Gasteiger partial charge in [0.2, 0.25) is 0 Å². The number of methoxy groups -OCH3 is 1. The van der Waals surface area contributed by atoms with E-state index in [2.05, 4.69) is 15.5 Å². The zero-order valence-corrected chi connectivity index (χ0v) is 15.2. The lowest BCUT2D eigenvalue weighted by Gasteiger charge is -2.13. The molecule has 7 nitrogen and oxygen atoms in total. The van der Waals surface area contributed by atoms with Crippen LogP contribution < -0.4 is 14.9 Å². The Morgan fingerprint density at radius 3 is 2.64 bits per heavy atom. The Kier molecular flexibility index (Phi) is 6.20. The van der Waals surface area contributed by atoms with E-state index in [-0.39, 0.29) is 5.56 Å². The highest BCUT2D eigenvalue weighted by Crippen LogP contribution is 2.30. The number of hydrogen-bond donors (Lipinski definition) is 2. The Bertz CT molecular complexity index is 957. The first kappa shape index (κ1) is 18.9. The number of benzene rings is 2. The lowest BCUT2D eigenvalue weighted by molar-refractivity contribution is 0.0696. The number of nitrogens with zero attached hydrogens (tertiary/aromatic N) is 2. The van der Waals surface area contributed by atoms with Gasteiger partial charge in [-0.15, -0.1) is 0 Å². The minimum atomic E-state index is -1.03. The maximum absolute atomic E-state index is 10.9. The van der Waals surface area contributed by atoms with Crippen molar-refractivity contribution in [2.24, 2.45) is 5.10 Å². The van der Waals surface area contributed by atoms with Gasteiger partial charge in [-0.05, 0) is 29.8 Å². The minimum Gasteiger partial charge on any atom is -0.493 e. The fourth-order valence-corrected chi connectivity index (χ4v) is 2.43. The molecule has 0 fully saturated rings. The normalized spacial score (nSPS) is 10.6. The lowest BCUT2D eigenvalue weighted by atomic mass is 10.2. The number of anilines is 1. The highest BCUT2D eigenvalue weighted by atomic mass is 16.5. The monoisotopic (exact) mass is 377 g/mol. The van der Waals surface area contributed by atoms with Crippen LogP contribution in [-0.2, 0) is 6.61 Å². The third kappa shape index (κ3) is 4.85. The van der Waals surface area contributed by atoms with E-state index in [1.165, 1.54) is 12.3 Å². The van der Waals surface area contributed by atoms with Crippen molar-refractivity contribution in [2.45, 2.75) is 6.61 Å². The van der Waals surface area contributed by atoms with Gasteiger partial charge in [-0.2, -0.15) is 5.10 Å². The largest absolute Gasteiger partial charge is 0.493 e. The standard InChI is InChI=1S/C21H19N3O4/c1-27-18-9-5-8-16(20(18)28-14-15-6-3-2-4-7-15)13-23-24-19-11-10-17(12-22-19)21(25)26/h2-13H,14H2,1H3,(H,22,24)(H,25,26)/b23-13+. The van der Waals surface area contributed by atoms with Crippen molar-refractivity contribution in [2.75, 3.05) is 12.5 Å². The second kappa shape index (κ2) is 9.18. The molecule has 7 heteroatoms. The van der Waals surface area contributed by atoms with Crippen molar-refractivity contribution in [3.05, 3.63) is 83.6 Å². The number of aromatic carboxylic acids is 1. The summed E-state index contributed by atoms with van der Waals surface area (Å²) in [5.41, 5.74) is 4.64. The molecule has 2 aromatic carbocycles. The van der Waals surface area contributed by atoms with Crippen molar-refractivity contribution in [1.29, 1.82) is 0 Å². The molecule has 1 aromatic heterocycles. The summed E-state index contributed by atoms with van der Waals surface area (Å²) in [7, 11) is 1.58. The summed E-state index contributed by atoms with van der Waals surface area (Å²) < 4.78 is 11.4. The predicted octanol–water partition coefficient (Wildman–Crippen LogP) is 3.81. The fraction of sp³-hybridized carbons (Fsp3) is 0.0952.